The van der Waals surface area contributed by atoms with E-state index < -0.39 is 15.7 Å². The molecule has 0 saturated heterocycles. The molecule has 0 amide bonds. The Kier molecular flexibility index (Phi) is 4.10. The van der Waals surface area contributed by atoms with Crippen LogP contribution in [0.3, 0.4) is 0 Å². The molecule has 6 heteroatoms. The summed E-state index contributed by atoms with van der Waals surface area (Å²) < 4.78 is 38.6. The second-order valence-corrected chi connectivity index (χ2v) is 7.27. The number of nitrogens with two attached hydrogens (primary N) is 1. The minimum atomic E-state index is -3.65. The van der Waals surface area contributed by atoms with Gasteiger partial charge in [0.25, 0.3) is 0 Å². The number of sulfone groups is 1. The Morgan fingerprint density at radius 1 is 1.11 bits per heavy atom. The first kappa shape index (κ1) is 14.3. The largest absolute Gasteiger partial charge is 0.398 e. The normalized spacial score (nSPS) is 11.5. The van der Waals surface area contributed by atoms with Crippen LogP contribution in [0.4, 0.5) is 10.1 Å². The maximum atomic E-state index is 13.1. The summed E-state index contributed by atoms with van der Waals surface area (Å²) in [7, 11) is -3.65. The molecule has 0 spiro atoms. The van der Waals surface area contributed by atoms with E-state index in [-0.39, 0.29) is 16.3 Å². The Labute approximate surface area is 124 Å². The van der Waals surface area contributed by atoms with Gasteiger partial charge >= 0.3 is 0 Å². The fourth-order valence-corrected chi connectivity index (χ4v) is 3.52. The van der Waals surface area contributed by atoms with Crippen LogP contribution in [-0.4, -0.2) is 8.42 Å². The van der Waals surface area contributed by atoms with Crippen molar-refractivity contribution in [1.29, 1.82) is 0 Å². The maximum Gasteiger partial charge on any atom is 0.184 e. The van der Waals surface area contributed by atoms with E-state index in [1.165, 1.54) is 6.07 Å². The van der Waals surface area contributed by atoms with Crippen LogP contribution in [0.15, 0.2) is 47.4 Å². The zero-order valence-electron chi connectivity index (χ0n) is 9.81. The Morgan fingerprint density at radius 2 is 1.74 bits per heavy atom. The molecule has 0 atom stereocenters. The molecule has 2 rings (SSSR count). The van der Waals surface area contributed by atoms with Crippen LogP contribution in [0.1, 0.15) is 5.56 Å². The zero-order chi connectivity index (χ0) is 14.0. The highest BCUT2D eigenvalue weighted by Gasteiger charge is 2.19. The predicted molar refractivity (Wildman–Crippen MR) is 80.9 cm³/mol. The molecule has 0 radical (unpaired) electrons. The van der Waals surface area contributed by atoms with Crippen molar-refractivity contribution in [3.8, 4) is 0 Å². The third-order valence-electron chi connectivity index (χ3n) is 2.58. The zero-order valence-corrected chi connectivity index (χ0v) is 12.8. The van der Waals surface area contributed by atoms with Gasteiger partial charge in [0, 0.05) is 3.57 Å². The molecule has 0 saturated carbocycles. The monoisotopic (exact) mass is 391 g/mol. The summed E-state index contributed by atoms with van der Waals surface area (Å²) in [5, 5.41) is 0. The van der Waals surface area contributed by atoms with Gasteiger partial charge in [0.2, 0.25) is 0 Å². The summed E-state index contributed by atoms with van der Waals surface area (Å²) >= 11 is 2.14. The minimum absolute atomic E-state index is 0.0620. The molecule has 0 unspecified atom stereocenters. The molecule has 0 aliphatic carbocycles. The SMILES string of the molecule is Nc1ccc(F)cc1S(=O)(=O)Cc1ccc(I)cc1. The maximum absolute atomic E-state index is 13.1. The van der Waals surface area contributed by atoms with Crippen molar-refractivity contribution in [3.05, 3.63) is 57.4 Å². The van der Waals surface area contributed by atoms with Crippen LogP contribution in [0.25, 0.3) is 0 Å². The number of nitrogen functional groups attached to an aromatic ring is 1. The van der Waals surface area contributed by atoms with Crippen LogP contribution in [-0.2, 0) is 15.6 Å². The van der Waals surface area contributed by atoms with Gasteiger partial charge in [0.1, 0.15) is 5.82 Å². The first-order valence-corrected chi connectivity index (χ1v) is 8.14. The summed E-state index contributed by atoms with van der Waals surface area (Å²) in [4.78, 5) is -0.161. The molecule has 0 bridgehead atoms. The molecule has 0 heterocycles. The van der Waals surface area contributed by atoms with Gasteiger partial charge in [0.15, 0.2) is 9.84 Å². The quantitative estimate of drug-likeness (QED) is 0.647. The van der Waals surface area contributed by atoms with Gasteiger partial charge < -0.3 is 5.73 Å². The van der Waals surface area contributed by atoms with E-state index >= 15 is 0 Å². The van der Waals surface area contributed by atoms with Gasteiger partial charge in [-0.2, -0.15) is 0 Å². The number of halogens is 2. The van der Waals surface area contributed by atoms with Crippen molar-refractivity contribution in [2.24, 2.45) is 0 Å². The van der Waals surface area contributed by atoms with Crippen LogP contribution < -0.4 is 5.73 Å². The molecular formula is C13H11FINO2S. The third kappa shape index (κ3) is 3.44. The lowest BCUT2D eigenvalue weighted by molar-refractivity contribution is 0.590. The fraction of sp³-hybridized carbons (Fsp3) is 0.0769. The average Bonchev–Trinajstić information content (AvgIpc) is 2.35. The van der Waals surface area contributed by atoms with Gasteiger partial charge in [-0.1, -0.05) is 12.1 Å². The van der Waals surface area contributed by atoms with E-state index in [1.54, 1.807) is 12.1 Å². The van der Waals surface area contributed by atoms with Gasteiger partial charge in [-0.15, -0.1) is 0 Å². The molecule has 100 valence electrons. The minimum Gasteiger partial charge on any atom is -0.398 e. The lowest BCUT2D eigenvalue weighted by atomic mass is 10.2. The Bertz CT molecular complexity index is 699. The summed E-state index contributed by atoms with van der Waals surface area (Å²) in [6.07, 6.45) is 0. The van der Waals surface area contributed by atoms with Crippen LogP contribution in [0.2, 0.25) is 0 Å². The van der Waals surface area contributed by atoms with E-state index in [2.05, 4.69) is 22.6 Å². The lowest BCUT2D eigenvalue weighted by Crippen LogP contribution is -2.08. The van der Waals surface area contributed by atoms with Gasteiger partial charge in [-0.3, -0.25) is 0 Å². The van der Waals surface area contributed by atoms with E-state index in [1.807, 2.05) is 12.1 Å². The summed E-state index contributed by atoms with van der Waals surface area (Å²) in [6, 6.07) is 10.5. The number of benzene rings is 2. The molecule has 0 fully saturated rings. The Balaban J connectivity index is 2.37. The number of hydrogen-bond donors (Lipinski definition) is 1. The molecular weight excluding hydrogens is 380 g/mol. The van der Waals surface area contributed by atoms with Crippen molar-refractivity contribution in [1.82, 2.24) is 0 Å². The third-order valence-corrected chi connectivity index (χ3v) is 5.04. The molecule has 2 N–H and O–H groups in total. The Hall–Kier alpha value is -1.15. The van der Waals surface area contributed by atoms with Crippen LogP contribution in [0.5, 0.6) is 0 Å². The highest BCUT2D eigenvalue weighted by Crippen LogP contribution is 2.23. The number of anilines is 1. The summed E-state index contributed by atoms with van der Waals surface area (Å²) in [5.74, 6) is -0.812. The van der Waals surface area contributed by atoms with Gasteiger partial charge in [-0.25, -0.2) is 12.8 Å². The van der Waals surface area contributed by atoms with E-state index in [0.717, 1.165) is 15.7 Å². The Morgan fingerprint density at radius 3 is 2.37 bits per heavy atom. The first-order valence-electron chi connectivity index (χ1n) is 5.41. The van der Waals surface area contributed by atoms with Crippen LogP contribution in [0, 0.1) is 9.39 Å². The summed E-state index contributed by atoms with van der Waals surface area (Å²) in [6.45, 7) is 0. The van der Waals surface area contributed by atoms with Crippen molar-refractivity contribution >= 4 is 38.1 Å². The number of rotatable bonds is 3. The molecule has 0 aliphatic heterocycles. The highest BCUT2D eigenvalue weighted by atomic mass is 127. The second-order valence-electron chi connectivity index (χ2n) is 4.07. The van der Waals surface area contributed by atoms with Gasteiger partial charge in [0.05, 0.1) is 16.3 Å². The topological polar surface area (TPSA) is 60.2 Å². The first-order chi connectivity index (χ1) is 8.88. The van der Waals surface area contributed by atoms with E-state index in [9.17, 15) is 12.8 Å². The van der Waals surface area contributed by atoms with E-state index in [4.69, 9.17) is 5.73 Å². The summed E-state index contributed by atoms with van der Waals surface area (Å²) in [5.41, 5.74) is 6.31. The molecule has 19 heavy (non-hydrogen) atoms. The average molecular weight is 391 g/mol. The van der Waals surface area contributed by atoms with Gasteiger partial charge in [-0.05, 0) is 58.5 Å². The predicted octanol–water partition coefficient (Wildman–Crippen LogP) is 2.99. The molecule has 0 aliphatic rings. The molecule has 2 aromatic rings. The molecule has 0 aromatic heterocycles. The molecule has 2 aromatic carbocycles. The second kappa shape index (κ2) is 5.46. The fourth-order valence-electron chi connectivity index (χ4n) is 1.66. The standard InChI is InChI=1S/C13H11FINO2S/c14-10-3-6-12(16)13(7-10)19(17,18)8-9-1-4-11(15)5-2-9/h1-7H,8,16H2. The number of hydrogen-bond acceptors (Lipinski definition) is 3. The van der Waals surface area contributed by atoms with E-state index in [0.29, 0.717) is 5.56 Å². The van der Waals surface area contributed by atoms with Crippen molar-refractivity contribution < 1.29 is 12.8 Å². The highest BCUT2D eigenvalue weighted by molar-refractivity contribution is 14.1. The van der Waals surface area contributed by atoms with Crippen molar-refractivity contribution in [3.63, 3.8) is 0 Å². The van der Waals surface area contributed by atoms with Crippen molar-refractivity contribution in [2.45, 2.75) is 10.6 Å². The van der Waals surface area contributed by atoms with Crippen molar-refractivity contribution in [2.75, 3.05) is 5.73 Å². The smallest absolute Gasteiger partial charge is 0.184 e. The lowest BCUT2D eigenvalue weighted by Gasteiger charge is -2.08. The van der Waals surface area contributed by atoms with Crippen LogP contribution >= 0.6 is 22.6 Å². The molecule has 3 nitrogen and oxygen atoms in total.